The monoisotopic (exact) mass is 216 g/mol. The van der Waals surface area contributed by atoms with E-state index in [9.17, 15) is 4.79 Å². The smallest absolute Gasteiger partial charge is 0.189 e. The van der Waals surface area contributed by atoms with Crippen molar-refractivity contribution in [2.24, 2.45) is 5.92 Å². The summed E-state index contributed by atoms with van der Waals surface area (Å²) in [6, 6.07) is 9.30. The van der Waals surface area contributed by atoms with Crippen molar-refractivity contribution < 1.29 is 4.79 Å². The van der Waals surface area contributed by atoms with Crippen LogP contribution in [0.25, 0.3) is 0 Å². The van der Waals surface area contributed by atoms with E-state index >= 15 is 0 Å². The molecule has 16 heavy (non-hydrogen) atoms. The van der Waals surface area contributed by atoms with Crippen LogP contribution in [-0.4, -0.2) is 18.9 Å². The van der Waals surface area contributed by atoms with Crippen molar-refractivity contribution in [2.75, 3.05) is 13.1 Å². The molecular formula is C13H16N2O. The molecule has 1 aliphatic heterocycles. The normalized spacial score (nSPS) is 19.6. The van der Waals surface area contributed by atoms with Crippen LogP contribution in [0.3, 0.4) is 0 Å². The van der Waals surface area contributed by atoms with Gasteiger partial charge in [-0.2, -0.15) is 0 Å². The fourth-order valence-electron chi connectivity index (χ4n) is 1.62. The van der Waals surface area contributed by atoms with Gasteiger partial charge in [0.15, 0.2) is 5.78 Å². The van der Waals surface area contributed by atoms with E-state index in [2.05, 4.69) is 17.6 Å². The first-order chi connectivity index (χ1) is 7.75. The molecule has 0 bridgehead atoms. The van der Waals surface area contributed by atoms with Gasteiger partial charge in [0.1, 0.15) is 5.82 Å². The summed E-state index contributed by atoms with van der Waals surface area (Å²) in [5.74, 6) is 1.46. The molecule has 0 saturated carbocycles. The summed E-state index contributed by atoms with van der Waals surface area (Å²) in [7, 11) is 0. The molecule has 0 atom stereocenters. The van der Waals surface area contributed by atoms with Crippen molar-refractivity contribution >= 4 is 5.78 Å². The molecule has 0 aliphatic carbocycles. The molecule has 0 radical (unpaired) electrons. The van der Waals surface area contributed by atoms with Crippen molar-refractivity contribution in [3.05, 3.63) is 47.8 Å². The number of hydrogen-bond donors (Lipinski definition) is 2. The van der Waals surface area contributed by atoms with Gasteiger partial charge in [-0.1, -0.05) is 37.3 Å². The highest BCUT2D eigenvalue weighted by Crippen LogP contribution is 2.04. The zero-order valence-corrected chi connectivity index (χ0v) is 9.36. The lowest BCUT2D eigenvalue weighted by atomic mass is 10.1. The van der Waals surface area contributed by atoms with Crippen molar-refractivity contribution in [3.63, 3.8) is 0 Å². The van der Waals surface area contributed by atoms with Crippen molar-refractivity contribution in [3.8, 4) is 0 Å². The minimum atomic E-state index is 0.0325. The standard InChI is InChI=1S/C13H16N2O/c1-10-8-14-13(15-9-10)7-12(16)11-5-3-2-4-6-11/h2-7,10,14-15H,8-9H2,1H3. The molecule has 1 saturated heterocycles. The third kappa shape index (κ3) is 2.63. The molecule has 2 N–H and O–H groups in total. The zero-order valence-electron chi connectivity index (χ0n) is 9.36. The van der Waals surface area contributed by atoms with E-state index in [0.29, 0.717) is 5.92 Å². The van der Waals surface area contributed by atoms with Crippen LogP contribution < -0.4 is 10.6 Å². The fraction of sp³-hybridized carbons (Fsp3) is 0.308. The van der Waals surface area contributed by atoms with Crippen LogP contribution in [0, 0.1) is 5.92 Å². The predicted molar refractivity (Wildman–Crippen MR) is 64.0 cm³/mol. The summed E-state index contributed by atoms with van der Waals surface area (Å²) < 4.78 is 0. The van der Waals surface area contributed by atoms with Crippen LogP contribution in [0.5, 0.6) is 0 Å². The van der Waals surface area contributed by atoms with Gasteiger partial charge < -0.3 is 10.6 Å². The number of rotatable bonds is 2. The molecule has 0 amide bonds. The summed E-state index contributed by atoms with van der Waals surface area (Å²) in [5, 5.41) is 6.40. The summed E-state index contributed by atoms with van der Waals surface area (Å²) in [6.07, 6.45) is 1.63. The van der Waals surface area contributed by atoms with Crippen LogP contribution in [0.15, 0.2) is 42.2 Å². The molecule has 3 heteroatoms. The van der Waals surface area contributed by atoms with Crippen molar-refractivity contribution in [1.82, 2.24) is 10.6 Å². The molecule has 1 aromatic carbocycles. The van der Waals surface area contributed by atoms with E-state index in [0.717, 1.165) is 24.5 Å². The molecule has 1 aromatic rings. The first-order valence-corrected chi connectivity index (χ1v) is 5.54. The highest BCUT2D eigenvalue weighted by atomic mass is 16.1. The van der Waals surface area contributed by atoms with Crippen LogP contribution in [0.2, 0.25) is 0 Å². The minimum absolute atomic E-state index is 0.0325. The van der Waals surface area contributed by atoms with Crippen LogP contribution in [0.4, 0.5) is 0 Å². The lowest BCUT2D eigenvalue weighted by molar-refractivity contribution is 0.104. The number of nitrogens with one attached hydrogen (secondary N) is 2. The highest BCUT2D eigenvalue weighted by Gasteiger charge is 2.11. The number of carbonyl (C=O) groups excluding carboxylic acids is 1. The lowest BCUT2D eigenvalue weighted by Crippen LogP contribution is -2.41. The molecule has 1 heterocycles. The Morgan fingerprint density at radius 3 is 2.50 bits per heavy atom. The third-order valence-electron chi connectivity index (χ3n) is 2.62. The van der Waals surface area contributed by atoms with Gasteiger partial charge in [0.25, 0.3) is 0 Å². The van der Waals surface area contributed by atoms with Crippen LogP contribution in [-0.2, 0) is 0 Å². The maximum absolute atomic E-state index is 11.8. The van der Waals surface area contributed by atoms with E-state index < -0.39 is 0 Å². The fourth-order valence-corrected chi connectivity index (χ4v) is 1.62. The van der Waals surface area contributed by atoms with Gasteiger partial charge >= 0.3 is 0 Å². The Labute approximate surface area is 95.6 Å². The number of hydrogen-bond acceptors (Lipinski definition) is 3. The average Bonchev–Trinajstić information content (AvgIpc) is 2.33. The molecule has 0 unspecified atom stereocenters. The average molecular weight is 216 g/mol. The second-order valence-corrected chi connectivity index (χ2v) is 4.16. The summed E-state index contributed by atoms with van der Waals surface area (Å²) in [5.41, 5.74) is 0.720. The van der Waals surface area contributed by atoms with E-state index in [1.807, 2.05) is 30.3 Å². The summed E-state index contributed by atoms with van der Waals surface area (Å²) in [4.78, 5) is 11.8. The zero-order chi connectivity index (χ0) is 11.4. The van der Waals surface area contributed by atoms with E-state index in [1.54, 1.807) is 6.08 Å². The predicted octanol–water partition coefficient (Wildman–Crippen LogP) is 1.54. The van der Waals surface area contributed by atoms with Crippen molar-refractivity contribution in [1.29, 1.82) is 0 Å². The number of ketones is 1. The SMILES string of the molecule is CC1CNC(=CC(=O)c2ccccc2)NC1. The molecule has 0 spiro atoms. The van der Waals surface area contributed by atoms with Gasteiger partial charge in [0, 0.05) is 24.7 Å². The summed E-state index contributed by atoms with van der Waals surface area (Å²) in [6.45, 7) is 4.00. The second kappa shape index (κ2) is 4.84. The lowest BCUT2D eigenvalue weighted by Gasteiger charge is -2.24. The molecule has 84 valence electrons. The second-order valence-electron chi connectivity index (χ2n) is 4.16. The highest BCUT2D eigenvalue weighted by molar-refractivity contribution is 6.04. The first-order valence-electron chi connectivity index (χ1n) is 5.54. The Bertz CT molecular complexity index is 388. The topological polar surface area (TPSA) is 41.1 Å². The van der Waals surface area contributed by atoms with Gasteiger partial charge in [0.2, 0.25) is 0 Å². The quantitative estimate of drug-likeness (QED) is 0.582. The largest absolute Gasteiger partial charge is 0.371 e. The Morgan fingerprint density at radius 2 is 1.88 bits per heavy atom. The summed E-state index contributed by atoms with van der Waals surface area (Å²) >= 11 is 0. The van der Waals surface area contributed by atoms with Gasteiger partial charge in [0.05, 0.1) is 0 Å². The Kier molecular flexibility index (Phi) is 3.25. The number of carbonyl (C=O) groups is 1. The van der Waals surface area contributed by atoms with Gasteiger partial charge in [-0.05, 0) is 5.92 Å². The maximum atomic E-state index is 11.8. The van der Waals surface area contributed by atoms with E-state index in [1.165, 1.54) is 0 Å². The van der Waals surface area contributed by atoms with Crippen LogP contribution >= 0.6 is 0 Å². The number of allylic oxidation sites excluding steroid dienone is 1. The third-order valence-corrected chi connectivity index (χ3v) is 2.62. The Hall–Kier alpha value is -1.77. The molecule has 0 aromatic heterocycles. The maximum Gasteiger partial charge on any atom is 0.189 e. The molecule has 1 fully saturated rings. The van der Waals surface area contributed by atoms with E-state index in [-0.39, 0.29) is 5.78 Å². The van der Waals surface area contributed by atoms with Gasteiger partial charge in [-0.25, -0.2) is 0 Å². The Balaban J connectivity index is 2.04. The van der Waals surface area contributed by atoms with Gasteiger partial charge in [-0.3, -0.25) is 4.79 Å². The number of benzene rings is 1. The molecule has 2 rings (SSSR count). The minimum Gasteiger partial charge on any atom is -0.371 e. The Morgan fingerprint density at radius 1 is 1.25 bits per heavy atom. The van der Waals surface area contributed by atoms with Gasteiger partial charge in [-0.15, -0.1) is 0 Å². The van der Waals surface area contributed by atoms with Crippen LogP contribution in [0.1, 0.15) is 17.3 Å². The van der Waals surface area contributed by atoms with Crippen molar-refractivity contribution in [2.45, 2.75) is 6.92 Å². The molecule has 1 aliphatic rings. The molecular weight excluding hydrogens is 200 g/mol. The van der Waals surface area contributed by atoms with E-state index in [4.69, 9.17) is 0 Å². The molecule has 3 nitrogen and oxygen atoms in total. The first kappa shape index (κ1) is 10.7.